The van der Waals surface area contributed by atoms with E-state index in [1.807, 2.05) is 0 Å². The van der Waals surface area contributed by atoms with E-state index in [9.17, 15) is 0 Å². The molecule has 0 saturated heterocycles. The van der Waals surface area contributed by atoms with Crippen LogP contribution in [0.2, 0.25) is 0 Å². The van der Waals surface area contributed by atoms with E-state index in [1.165, 1.54) is 6.08 Å². The zero-order valence-electron chi connectivity index (χ0n) is 2.72. The Morgan fingerprint density at radius 1 is 1.80 bits per heavy atom. The Kier molecular flexibility index (Phi) is 2.57. The first-order valence-corrected chi connectivity index (χ1v) is 1.18. The molecule has 0 aromatic rings. The number of hydrogen-bond donors (Lipinski definition) is 0. The van der Waals surface area contributed by atoms with Crippen LogP contribution in [0.1, 0.15) is 0 Å². The smallest absolute Gasteiger partial charge is 0.0917 e. The molecule has 0 aromatic carbocycles. The van der Waals surface area contributed by atoms with E-state index < -0.39 is 0 Å². The van der Waals surface area contributed by atoms with Gasteiger partial charge in [-0.25, -0.2) is 0 Å². The molecule has 0 heterocycles. The summed E-state index contributed by atoms with van der Waals surface area (Å²) in [6, 6.07) is 0. The third kappa shape index (κ3) is 3.12. The van der Waals surface area contributed by atoms with E-state index in [2.05, 4.69) is 11.4 Å². The monoisotopic (exact) mass is 70.0 g/mol. The van der Waals surface area contributed by atoms with Gasteiger partial charge in [0.25, 0.3) is 0 Å². The van der Waals surface area contributed by atoms with Crippen molar-refractivity contribution in [1.82, 2.24) is 4.85 Å². The Labute approximate surface area is 29.8 Å². The Bertz CT molecular complexity index is 71.0. The number of allylic oxidation sites excluding steroid dienone is 1. The standard InChI is InChI=1S/C3H4NO/c1-2-3-4-5/h2-3H,1H2/q+1. The largest absolute Gasteiger partial charge is 0.361 e. The Morgan fingerprint density at radius 3 is 2.40 bits per heavy atom. The lowest BCUT2D eigenvalue weighted by molar-refractivity contribution is 1.66. The summed E-state index contributed by atoms with van der Waals surface area (Å²) in [5, 5.41) is 0. The molecule has 0 saturated carbocycles. The third-order valence-corrected chi connectivity index (χ3v) is 0.166. The first-order chi connectivity index (χ1) is 2.41. The van der Waals surface area contributed by atoms with Crippen LogP contribution in [0, 0.1) is 4.91 Å². The van der Waals surface area contributed by atoms with Crippen molar-refractivity contribution >= 4 is 6.21 Å². The molecule has 0 aliphatic carbocycles. The molecule has 0 unspecified atom stereocenters. The summed E-state index contributed by atoms with van der Waals surface area (Å²) in [7, 11) is 0. The van der Waals surface area contributed by atoms with Gasteiger partial charge in [-0.3, -0.25) is 0 Å². The highest BCUT2D eigenvalue weighted by atomic mass is 16.2. The van der Waals surface area contributed by atoms with Gasteiger partial charge in [0.2, 0.25) is 4.85 Å². The van der Waals surface area contributed by atoms with E-state index in [1.54, 1.807) is 0 Å². The third-order valence-electron chi connectivity index (χ3n) is 0.166. The van der Waals surface area contributed by atoms with Gasteiger partial charge in [-0.2, -0.15) is 0 Å². The molecule has 0 fully saturated rings. The van der Waals surface area contributed by atoms with Gasteiger partial charge >= 0.3 is 6.21 Å². The molecule has 0 aliphatic heterocycles. The number of rotatable bonds is 1. The maximum Gasteiger partial charge on any atom is 0.361 e. The van der Waals surface area contributed by atoms with Crippen molar-refractivity contribution in [3.05, 3.63) is 17.6 Å². The van der Waals surface area contributed by atoms with Gasteiger partial charge in [0.1, 0.15) is 0 Å². The van der Waals surface area contributed by atoms with Crippen LogP contribution in [0.5, 0.6) is 0 Å². The van der Waals surface area contributed by atoms with Crippen LogP contribution >= 0.6 is 0 Å². The maximum atomic E-state index is 9.03. The highest BCUT2D eigenvalue weighted by Gasteiger charge is 1.61. The molecule has 0 rings (SSSR count). The molecule has 0 spiro atoms. The van der Waals surface area contributed by atoms with E-state index in [-0.39, 0.29) is 0 Å². The summed E-state index contributed by atoms with van der Waals surface area (Å²) in [4.78, 5) is 11.4. The first-order valence-electron chi connectivity index (χ1n) is 1.18. The molecule has 2 nitrogen and oxygen atoms in total. The predicted octanol–water partition coefficient (Wildman–Crippen LogP) is 0.0768. The molecule has 0 atom stereocenters. The van der Waals surface area contributed by atoms with Crippen molar-refractivity contribution in [2.75, 3.05) is 0 Å². The second-order valence-corrected chi connectivity index (χ2v) is 0.490. The van der Waals surface area contributed by atoms with E-state index in [4.69, 9.17) is 4.91 Å². The first kappa shape index (κ1) is 4.12. The van der Waals surface area contributed by atoms with Crippen LogP contribution in [0.25, 0.3) is 0 Å². The number of nitroso groups, excluding NO2 is 1. The lowest BCUT2D eigenvalue weighted by atomic mass is 10.7. The zero-order chi connectivity index (χ0) is 4.12. The minimum atomic E-state index is 1.08. The van der Waals surface area contributed by atoms with Crippen molar-refractivity contribution in [3.63, 3.8) is 0 Å². The number of hydrogen-bond acceptors (Lipinski definition) is 1. The lowest BCUT2D eigenvalue weighted by Gasteiger charge is -1.26. The quantitative estimate of drug-likeness (QED) is 0.317. The summed E-state index contributed by atoms with van der Waals surface area (Å²) >= 11 is 0. The highest BCUT2D eigenvalue weighted by Crippen LogP contribution is 1.35. The average molecular weight is 70.1 g/mol. The molecule has 0 aliphatic rings. The van der Waals surface area contributed by atoms with Crippen LogP contribution in [0.3, 0.4) is 0 Å². The summed E-state index contributed by atoms with van der Waals surface area (Å²) < 4.78 is 0. The summed E-state index contributed by atoms with van der Waals surface area (Å²) in [5.74, 6) is 0. The second kappa shape index (κ2) is 3.12. The molecule has 0 radical (unpaired) electrons. The summed E-state index contributed by atoms with van der Waals surface area (Å²) in [6.07, 6.45) is 2.41. The van der Waals surface area contributed by atoms with Crippen LogP contribution in [0.15, 0.2) is 12.7 Å². The Morgan fingerprint density at radius 2 is 2.40 bits per heavy atom. The van der Waals surface area contributed by atoms with Crippen LogP contribution < -0.4 is 4.85 Å². The molecule has 0 bridgehead atoms. The normalized spacial score (nSPS) is 4.80. The molecular formula is C3H4NO+. The van der Waals surface area contributed by atoms with Crippen molar-refractivity contribution in [2.45, 2.75) is 0 Å². The topological polar surface area (TPSA) is 31.2 Å². The fourth-order valence-corrected chi connectivity index (χ4v) is 0.0430. The average Bonchev–Trinajstić information content (AvgIpc) is 1.41. The number of nitrogens with zero attached hydrogens (tertiary/aromatic N) is 1. The van der Waals surface area contributed by atoms with Crippen molar-refractivity contribution in [3.8, 4) is 0 Å². The maximum absolute atomic E-state index is 9.03. The van der Waals surface area contributed by atoms with Gasteiger partial charge in [0.15, 0.2) is 4.91 Å². The van der Waals surface area contributed by atoms with Gasteiger partial charge in [-0.15, -0.1) is 0 Å². The molecular weight excluding hydrogens is 66.0 g/mol. The van der Waals surface area contributed by atoms with Crippen molar-refractivity contribution in [2.24, 2.45) is 0 Å². The van der Waals surface area contributed by atoms with Crippen LogP contribution in [0.4, 0.5) is 0 Å². The predicted molar refractivity (Wildman–Crippen MR) is 21.8 cm³/mol. The second-order valence-electron chi connectivity index (χ2n) is 0.490. The summed E-state index contributed by atoms with van der Waals surface area (Å²) in [5.41, 5.74) is 0. The summed E-state index contributed by atoms with van der Waals surface area (Å²) in [6.45, 7) is 3.20. The molecule has 26 valence electrons. The molecule has 5 heavy (non-hydrogen) atoms. The fraction of sp³-hybridized carbons (Fsp3) is 0. The fourth-order valence-electron chi connectivity index (χ4n) is 0.0430. The van der Waals surface area contributed by atoms with Crippen molar-refractivity contribution in [1.29, 1.82) is 0 Å². The van der Waals surface area contributed by atoms with Gasteiger partial charge in [-0.1, -0.05) is 6.58 Å². The van der Waals surface area contributed by atoms with E-state index >= 15 is 0 Å². The lowest BCUT2D eigenvalue weighted by Crippen LogP contribution is -1.59. The van der Waals surface area contributed by atoms with Crippen LogP contribution in [-0.4, -0.2) is 6.21 Å². The minimum Gasteiger partial charge on any atom is -0.0917 e. The van der Waals surface area contributed by atoms with Gasteiger partial charge in [0, 0.05) is 6.08 Å². The Hall–Kier alpha value is -0.880. The Balaban J connectivity index is 3.31. The van der Waals surface area contributed by atoms with Gasteiger partial charge in [0.05, 0.1) is 0 Å². The molecule has 2 heteroatoms. The van der Waals surface area contributed by atoms with Gasteiger partial charge < -0.3 is 0 Å². The minimum absolute atomic E-state index is 1.08. The van der Waals surface area contributed by atoms with E-state index in [0.717, 1.165) is 6.21 Å². The molecule has 0 aromatic heterocycles. The zero-order valence-corrected chi connectivity index (χ0v) is 2.72. The van der Waals surface area contributed by atoms with E-state index in [0.29, 0.717) is 0 Å². The molecule has 0 N–H and O–H groups in total. The van der Waals surface area contributed by atoms with Crippen molar-refractivity contribution < 1.29 is 0 Å². The van der Waals surface area contributed by atoms with Crippen LogP contribution in [-0.2, 0) is 0 Å². The molecule has 0 amide bonds. The SMILES string of the molecule is C=CC=[N+]=O. The van der Waals surface area contributed by atoms with Gasteiger partial charge in [-0.05, 0) is 0 Å². The highest BCUT2D eigenvalue weighted by molar-refractivity contribution is 5.68.